The van der Waals surface area contributed by atoms with Crippen LogP contribution in [-0.4, -0.2) is 18.8 Å². The van der Waals surface area contributed by atoms with Crippen LogP contribution in [0.2, 0.25) is 0 Å². The first-order valence-electron chi connectivity index (χ1n) is 6.79. The molecule has 1 nitrogen and oxygen atoms in total. The van der Waals surface area contributed by atoms with Crippen molar-refractivity contribution in [3.8, 4) is 0 Å². The van der Waals surface area contributed by atoms with Gasteiger partial charge in [-0.05, 0) is 55.8 Å². The topological polar surface area (TPSA) is 12.0 Å². The molecule has 0 heterocycles. The molecule has 3 heteroatoms. The molecule has 2 rings (SSSR count). The third-order valence-corrected chi connectivity index (χ3v) is 4.55. The van der Waals surface area contributed by atoms with Crippen molar-refractivity contribution >= 4 is 11.8 Å². The van der Waals surface area contributed by atoms with E-state index in [-0.39, 0.29) is 5.82 Å². The monoisotopic (exact) mass is 289 g/mol. The second kappa shape index (κ2) is 7.46. The van der Waals surface area contributed by atoms with Gasteiger partial charge in [0, 0.05) is 16.7 Å². The lowest BCUT2D eigenvalue weighted by Gasteiger charge is -2.17. The minimum atomic E-state index is -0.161. The smallest absolute Gasteiger partial charge is 0.123 e. The van der Waals surface area contributed by atoms with Crippen molar-refractivity contribution in [1.82, 2.24) is 5.32 Å². The van der Waals surface area contributed by atoms with Crippen LogP contribution in [0.25, 0.3) is 0 Å². The summed E-state index contributed by atoms with van der Waals surface area (Å²) in [7, 11) is 1.98. The highest BCUT2D eigenvalue weighted by Crippen LogP contribution is 2.20. The van der Waals surface area contributed by atoms with Crippen LogP contribution < -0.4 is 5.32 Å². The van der Waals surface area contributed by atoms with Crippen molar-refractivity contribution in [2.75, 3.05) is 12.8 Å². The summed E-state index contributed by atoms with van der Waals surface area (Å²) in [5.41, 5.74) is 2.23. The second-order valence-electron chi connectivity index (χ2n) is 4.88. The van der Waals surface area contributed by atoms with Crippen molar-refractivity contribution < 1.29 is 4.39 Å². The van der Waals surface area contributed by atoms with Gasteiger partial charge in [0.25, 0.3) is 0 Å². The average Bonchev–Trinajstić information content (AvgIpc) is 2.46. The van der Waals surface area contributed by atoms with Gasteiger partial charge in [0.15, 0.2) is 0 Å². The van der Waals surface area contributed by atoms with Gasteiger partial charge >= 0.3 is 0 Å². The molecule has 0 saturated heterocycles. The summed E-state index contributed by atoms with van der Waals surface area (Å²) < 4.78 is 13.1. The van der Waals surface area contributed by atoms with Crippen molar-refractivity contribution in [3.05, 3.63) is 65.5 Å². The summed E-state index contributed by atoms with van der Waals surface area (Å²) in [6.45, 7) is 1.97. The number of nitrogens with one attached hydrogen (secondary N) is 1. The fourth-order valence-electron chi connectivity index (χ4n) is 2.11. The first kappa shape index (κ1) is 15.1. The highest BCUT2D eigenvalue weighted by atomic mass is 32.2. The number of hydrogen-bond donors (Lipinski definition) is 1. The van der Waals surface area contributed by atoms with E-state index in [1.165, 1.54) is 10.5 Å². The maximum Gasteiger partial charge on any atom is 0.123 e. The number of likely N-dealkylation sites (N-methyl/N-ethyl adjacent to an activating group) is 1. The molecular formula is C17H20FNS. The van der Waals surface area contributed by atoms with Crippen LogP contribution in [0.1, 0.15) is 11.1 Å². The molecule has 1 atom stereocenters. The number of aryl methyl sites for hydroxylation is 1. The Morgan fingerprint density at radius 2 is 1.90 bits per heavy atom. The van der Waals surface area contributed by atoms with E-state index >= 15 is 0 Å². The van der Waals surface area contributed by atoms with E-state index in [0.29, 0.717) is 6.04 Å². The molecule has 0 aromatic heterocycles. The molecule has 2 aromatic carbocycles. The molecule has 0 aliphatic heterocycles. The molecular weight excluding hydrogens is 269 g/mol. The van der Waals surface area contributed by atoms with E-state index in [9.17, 15) is 4.39 Å². The van der Waals surface area contributed by atoms with E-state index < -0.39 is 0 Å². The third-order valence-electron chi connectivity index (χ3n) is 3.37. The van der Waals surface area contributed by atoms with Crippen LogP contribution in [0.15, 0.2) is 53.4 Å². The Morgan fingerprint density at radius 3 is 2.55 bits per heavy atom. The maximum absolute atomic E-state index is 13.1. The van der Waals surface area contributed by atoms with E-state index in [1.807, 2.05) is 37.9 Å². The lowest BCUT2D eigenvalue weighted by molar-refractivity contribution is 0.607. The van der Waals surface area contributed by atoms with Crippen molar-refractivity contribution in [2.45, 2.75) is 24.3 Å². The Balaban J connectivity index is 1.95. The summed E-state index contributed by atoms with van der Waals surface area (Å²) in [6, 6.07) is 15.8. The second-order valence-corrected chi connectivity index (χ2v) is 5.98. The Labute approximate surface area is 124 Å². The Hall–Kier alpha value is -1.32. The zero-order valence-electron chi connectivity index (χ0n) is 11.9. The van der Waals surface area contributed by atoms with Crippen LogP contribution >= 0.6 is 11.8 Å². The molecule has 0 bridgehead atoms. The Kier molecular flexibility index (Phi) is 5.62. The first-order chi connectivity index (χ1) is 9.69. The number of benzene rings is 2. The molecule has 0 amide bonds. The van der Waals surface area contributed by atoms with Gasteiger partial charge in [-0.2, -0.15) is 0 Å². The van der Waals surface area contributed by atoms with Crippen molar-refractivity contribution in [1.29, 1.82) is 0 Å². The van der Waals surface area contributed by atoms with E-state index in [0.717, 1.165) is 17.7 Å². The number of rotatable bonds is 6. The fourth-order valence-corrected chi connectivity index (χ4v) is 3.14. The Bertz CT molecular complexity index is 542. The summed E-state index contributed by atoms with van der Waals surface area (Å²) in [4.78, 5) is 1.28. The van der Waals surface area contributed by atoms with E-state index in [1.54, 1.807) is 12.1 Å². The van der Waals surface area contributed by atoms with Gasteiger partial charge in [0.05, 0.1) is 0 Å². The largest absolute Gasteiger partial charge is 0.316 e. The van der Waals surface area contributed by atoms with Crippen LogP contribution in [-0.2, 0) is 6.42 Å². The van der Waals surface area contributed by atoms with Crippen molar-refractivity contribution in [2.24, 2.45) is 0 Å². The third kappa shape index (κ3) is 4.36. The molecule has 1 N–H and O–H groups in total. The summed E-state index contributed by atoms with van der Waals surface area (Å²) in [6.07, 6.45) is 0.919. The van der Waals surface area contributed by atoms with Crippen LogP contribution in [0, 0.1) is 12.7 Å². The highest BCUT2D eigenvalue weighted by Gasteiger charge is 2.10. The molecule has 0 aliphatic rings. The number of thioether (sulfide) groups is 1. The normalized spacial score (nSPS) is 12.3. The molecule has 106 valence electrons. The quantitative estimate of drug-likeness (QED) is 0.805. The Morgan fingerprint density at radius 1 is 1.15 bits per heavy atom. The van der Waals surface area contributed by atoms with E-state index in [2.05, 4.69) is 29.6 Å². The summed E-state index contributed by atoms with van der Waals surface area (Å²) in [5.74, 6) is 0.836. The predicted octanol–water partition coefficient (Wildman–Crippen LogP) is 4.06. The molecule has 1 unspecified atom stereocenters. The van der Waals surface area contributed by atoms with Crippen LogP contribution in [0.3, 0.4) is 0 Å². The van der Waals surface area contributed by atoms with Gasteiger partial charge in [-0.25, -0.2) is 4.39 Å². The van der Waals surface area contributed by atoms with Crippen molar-refractivity contribution in [3.63, 3.8) is 0 Å². The van der Waals surface area contributed by atoms with Crippen LogP contribution in [0.5, 0.6) is 0 Å². The SMILES string of the molecule is CNC(CSc1ccccc1)Cc1ccc(F)cc1C. The lowest BCUT2D eigenvalue weighted by Crippen LogP contribution is -2.30. The predicted molar refractivity (Wildman–Crippen MR) is 84.9 cm³/mol. The average molecular weight is 289 g/mol. The minimum absolute atomic E-state index is 0.161. The van der Waals surface area contributed by atoms with Crippen LogP contribution in [0.4, 0.5) is 4.39 Å². The minimum Gasteiger partial charge on any atom is -0.316 e. The van der Waals surface area contributed by atoms with Gasteiger partial charge in [-0.15, -0.1) is 11.8 Å². The zero-order chi connectivity index (χ0) is 14.4. The lowest BCUT2D eigenvalue weighted by atomic mass is 10.0. The molecule has 2 aromatic rings. The van der Waals surface area contributed by atoms with Gasteiger partial charge in [-0.3, -0.25) is 0 Å². The number of hydrogen-bond acceptors (Lipinski definition) is 2. The fraction of sp³-hybridized carbons (Fsp3) is 0.294. The molecule has 0 radical (unpaired) electrons. The maximum atomic E-state index is 13.1. The summed E-state index contributed by atoms with van der Waals surface area (Å²) in [5, 5.41) is 3.35. The zero-order valence-corrected chi connectivity index (χ0v) is 12.7. The molecule has 20 heavy (non-hydrogen) atoms. The number of halogens is 1. The van der Waals surface area contributed by atoms with Gasteiger partial charge in [0.1, 0.15) is 5.82 Å². The van der Waals surface area contributed by atoms with Gasteiger partial charge in [-0.1, -0.05) is 24.3 Å². The molecule has 0 spiro atoms. The standard InChI is InChI=1S/C17H20FNS/c1-13-10-15(18)9-8-14(13)11-16(19-2)12-20-17-6-4-3-5-7-17/h3-10,16,19H,11-12H2,1-2H3. The van der Waals surface area contributed by atoms with E-state index in [4.69, 9.17) is 0 Å². The summed E-state index contributed by atoms with van der Waals surface area (Å²) >= 11 is 1.84. The molecule has 0 aliphatic carbocycles. The highest BCUT2D eigenvalue weighted by molar-refractivity contribution is 7.99. The molecule has 0 saturated carbocycles. The van der Waals surface area contributed by atoms with Gasteiger partial charge < -0.3 is 5.32 Å². The van der Waals surface area contributed by atoms with Gasteiger partial charge in [0.2, 0.25) is 0 Å². The molecule has 0 fully saturated rings. The first-order valence-corrected chi connectivity index (χ1v) is 7.77.